The van der Waals surface area contributed by atoms with Gasteiger partial charge in [0.15, 0.2) is 0 Å². The van der Waals surface area contributed by atoms with Crippen molar-refractivity contribution in [1.82, 2.24) is 5.32 Å². The minimum absolute atomic E-state index is 0.446. The molecule has 0 radical (unpaired) electrons. The van der Waals surface area contributed by atoms with E-state index in [4.69, 9.17) is 0 Å². The van der Waals surface area contributed by atoms with E-state index in [2.05, 4.69) is 5.32 Å². The minimum atomic E-state index is -1.93. The van der Waals surface area contributed by atoms with Gasteiger partial charge in [-0.1, -0.05) is 0 Å². The highest BCUT2D eigenvalue weighted by Gasteiger charge is 2.31. The van der Waals surface area contributed by atoms with E-state index >= 15 is 0 Å². The van der Waals surface area contributed by atoms with Crippen LogP contribution < -0.4 is 5.32 Å². The van der Waals surface area contributed by atoms with Gasteiger partial charge in [0.25, 0.3) is 0 Å². The van der Waals surface area contributed by atoms with E-state index in [0.29, 0.717) is 12.1 Å². The molecule has 3 nitrogen and oxygen atoms in total. The summed E-state index contributed by atoms with van der Waals surface area (Å²) in [5.41, 5.74) is 0. The molecule has 2 rings (SSSR count). The van der Waals surface area contributed by atoms with Gasteiger partial charge >= 0.3 is 0 Å². The third kappa shape index (κ3) is 1.32. The van der Waals surface area contributed by atoms with Crippen molar-refractivity contribution in [3.05, 3.63) is 0 Å². The number of nitrogens with one attached hydrogen (secondary N) is 1. The molecule has 0 aromatic heterocycles. The van der Waals surface area contributed by atoms with E-state index in [-0.39, 0.29) is 0 Å². The second kappa shape index (κ2) is 2.60. The first-order valence-electron chi connectivity index (χ1n) is 3.95. The van der Waals surface area contributed by atoms with Crippen molar-refractivity contribution < 1.29 is 8.42 Å². The largest absolute Gasteiger partial charge is 0.311 e. The molecule has 62 valence electrons. The Labute approximate surface area is 67.3 Å². The van der Waals surface area contributed by atoms with Crippen molar-refractivity contribution in [2.75, 3.05) is 0 Å². The maximum atomic E-state index is 10.6. The van der Waals surface area contributed by atoms with Gasteiger partial charge in [-0.3, -0.25) is 0 Å². The van der Waals surface area contributed by atoms with E-state index in [0.717, 1.165) is 30.5 Å². The molecule has 2 aliphatic rings. The zero-order chi connectivity index (χ0) is 7.84. The fourth-order valence-electron chi connectivity index (χ4n) is 1.99. The molecule has 2 heterocycles. The maximum absolute atomic E-state index is 10.6. The van der Waals surface area contributed by atoms with Crippen molar-refractivity contribution in [3.63, 3.8) is 0 Å². The van der Waals surface area contributed by atoms with Gasteiger partial charge in [0.05, 0.1) is 4.86 Å². The minimum Gasteiger partial charge on any atom is -0.311 e. The summed E-state index contributed by atoms with van der Waals surface area (Å²) in [6.07, 6.45) is 3.77. The Morgan fingerprint density at radius 2 is 1.73 bits per heavy atom. The number of fused-ring (bicyclic) bond motifs is 2. The van der Waals surface area contributed by atoms with E-state index < -0.39 is 10.3 Å². The van der Waals surface area contributed by atoms with Gasteiger partial charge in [-0.15, -0.1) is 0 Å². The fraction of sp³-hybridized carbons (Fsp3) is 0.857. The van der Waals surface area contributed by atoms with Gasteiger partial charge in [-0.25, -0.2) is 0 Å². The Bertz CT molecular complexity index is 272. The van der Waals surface area contributed by atoms with Crippen LogP contribution in [0.2, 0.25) is 0 Å². The van der Waals surface area contributed by atoms with Crippen LogP contribution in [0.4, 0.5) is 0 Å². The van der Waals surface area contributed by atoms with E-state index in [1.807, 2.05) is 0 Å². The molecule has 0 aromatic rings. The highest BCUT2D eigenvalue weighted by molar-refractivity contribution is 7.73. The zero-order valence-corrected chi connectivity index (χ0v) is 7.02. The van der Waals surface area contributed by atoms with Gasteiger partial charge < -0.3 is 5.32 Å². The molecule has 0 aliphatic carbocycles. The lowest BCUT2D eigenvalue weighted by Crippen LogP contribution is -2.38. The summed E-state index contributed by atoms with van der Waals surface area (Å²) in [6.45, 7) is 0. The lowest BCUT2D eigenvalue weighted by molar-refractivity contribution is 0.524. The lowest BCUT2D eigenvalue weighted by atomic mass is 10.1. The van der Waals surface area contributed by atoms with Crippen LogP contribution in [0.15, 0.2) is 0 Å². The molecular weight excluding hydrogens is 162 g/mol. The molecule has 11 heavy (non-hydrogen) atoms. The summed E-state index contributed by atoms with van der Waals surface area (Å²) in [7, 11) is -1.93. The second-order valence-electron chi connectivity index (χ2n) is 3.32. The first-order valence-corrected chi connectivity index (χ1v) is 5.03. The first kappa shape index (κ1) is 7.31. The van der Waals surface area contributed by atoms with Crippen molar-refractivity contribution in [2.24, 2.45) is 0 Å². The van der Waals surface area contributed by atoms with Crippen LogP contribution in [0, 0.1) is 0 Å². The molecule has 1 N–H and O–H groups in total. The lowest BCUT2D eigenvalue weighted by Gasteiger charge is -2.20. The van der Waals surface area contributed by atoms with Crippen molar-refractivity contribution >= 4 is 15.2 Å². The first-order chi connectivity index (χ1) is 5.25. The summed E-state index contributed by atoms with van der Waals surface area (Å²) in [5, 5.41) is 3.38. The molecule has 2 unspecified atom stereocenters. The Hall–Kier alpha value is -0.350. The third-order valence-electron chi connectivity index (χ3n) is 2.52. The highest BCUT2D eigenvalue weighted by atomic mass is 32.2. The molecular formula is C7H11NO2S. The molecule has 0 amide bonds. The van der Waals surface area contributed by atoms with E-state index in [1.165, 1.54) is 0 Å². The van der Waals surface area contributed by atoms with Gasteiger partial charge in [-0.2, -0.15) is 8.42 Å². The summed E-state index contributed by atoms with van der Waals surface area (Å²) >= 11 is 0. The Morgan fingerprint density at radius 1 is 1.18 bits per heavy atom. The Morgan fingerprint density at radius 3 is 2.18 bits per heavy atom. The molecule has 0 spiro atoms. The van der Waals surface area contributed by atoms with Crippen LogP contribution in [0.25, 0.3) is 0 Å². The number of rotatable bonds is 0. The van der Waals surface area contributed by atoms with E-state index in [9.17, 15) is 8.42 Å². The standard InChI is InChI=1S/C7H11NO2S/c9-11(10)7-3-5-1-2-6(4-7)8-5/h5-6,8H,1-4H2. The van der Waals surface area contributed by atoms with E-state index in [1.54, 1.807) is 0 Å². The van der Waals surface area contributed by atoms with Crippen LogP contribution in [-0.4, -0.2) is 25.4 Å². The summed E-state index contributed by atoms with van der Waals surface area (Å²) in [5.74, 6) is 0. The zero-order valence-electron chi connectivity index (χ0n) is 6.21. The number of piperidine rings is 1. The maximum Gasteiger partial charge on any atom is 0.213 e. The predicted octanol–water partition coefficient (Wildman–Crippen LogP) is -0.0477. The highest BCUT2D eigenvalue weighted by Crippen LogP contribution is 2.24. The van der Waals surface area contributed by atoms with Crippen molar-refractivity contribution in [1.29, 1.82) is 0 Å². The van der Waals surface area contributed by atoms with Crippen LogP contribution in [0.3, 0.4) is 0 Å². The quantitative estimate of drug-likeness (QED) is 0.522. The monoisotopic (exact) mass is 173 g/mol. The normalized spacial score (nSPS) is 35.8. The van der Waals surface area contributed by atoms with Crippen LogP contribution in [-0.2, 0) is 10.3 Å². The fourth-order valence-corrected chi connectivity index (χ4v) is 2.67. The van der Waals surface area contributed by atoms with Crippen LogP contribution >= 0.6 is 0 Å². The average molecular weight is 173 g/mol. The molecule has 2 saturated heterocycles. The predicted molar refractivity (Wildman–Crippen MR) is 43.1 cm³/mol. The van der Waals surface area contributed by atoms with Gasteiger partial charge in [-0.05, 0) is 25.7 Å². The van der Waals surface area contributed by atoms with Crippen LogP contribution in [0.1, 0.15) is 25.7 Å². The molecule has 4 heteroatoms. The topological polar surface area (TPSA) is 46.2 Å². The molecule has 0 saturated carbocycles. The molecule has 2 atom stereocenters. The smallest absolute Gasteiger partial charge is 0.213 e. The third-order valence-corrected chi connectivity index (χ3v) is 3.32. The number of hydrogen-bond donors (Lipinski definition) is 1. The second-order valence-corrected chi connectivity index (χ2v) is 4.37. The van der Waals surface area contributed by atoms with Crippen molar-refractivity contribution in [2.45, 2.75) is 37.8 Å². The van der Waals surface area contributed by atoms with Crippen LogP contribution in [0.5, 0.6) is 0 Å². The SMILES string of the molecule is O=S(=O)=C1CC2CCC(C1)N2. The summed E-state index contributed by atoms with van der Waals surface area (Å²) < 4.78 is 21.2. The molecule has 2 aliphatic heterocycles. The Kier molecular flexibility index (Phi) is 1.73. The van der Waals surface area contributed by atoms with Crippen molar-refractivity contribution in [3.8, 4) is 0 Å². The Balaban J connectivity index is 2.27. The molecule has 2 fully saturated rings. The van der Waals surface area contributed by atoms with Gasteiger partial charge in [0.1, 0.15) is 0 Å². The summed E-state index contributed by atoms with van der Waals surface area (Å²) in [4.78, 5) is 0.719. The summed E-state index contributed by atoms with van der Waals surface area (Å²) in [6, 6.07) is 0.892. The average Bonchev–Trinajstić information content (AvgIpc) is 2.30. The van der Waals surface area contributed by atoms with Gasteiger partial charge in [0, 0.05) is 12.1 Å². The molecule has 0 aromatic carbocycles. The van der Waals surface area contributed by atoms with Gasteiger partial charge in [0.2, 0.25) is 10.3 Å². The molecule has 2 bridgehead atoms. The number of hydrogen-bond acceptors (Lipinski definition) is 3.